The Morgan fingerprint density at radius 3 is 3.04 bits per heavy atom. The molecular formula is C19H22N4O3. The van der Waals surface area contributed by atoms with E-state index in [2.05, 4.69) is 15.5 Å². The fraction of sp³-hybridized carbons (Fsp3) is 0.526. The van der Waals surface area contributed by atoms with Crippen LogP contribution in [0.4, 0.5) is 0 Å². The first-order chi connectivity index (χ1) is 12.7. The van der Waals surface area contributed by atoms with E-state index in [1.54, 1.807) is 18.4 Å². The minimum absolute atomic E-state index is 0.00906. The number of furan rings is 1. The van der Waals surface area contributed by atoms with Crippen molar-refractivity contribution in [2.75, 3.05) is 13.1 Å². The quantitative estimate of drug-likeness (QED) is 0.880. The SMILES string of the molecule is O=C(N[C@@H]1CCN(C(=O)[C@@]23CCC[C@@H]2C3)C1)c1cc(-c2ccco2)[nH]n1. The number of H-pyrrole nitrogens is 1. The number of likely N-dealkylation sites (tertiary alicyclic amines) is 1. The van der Waals surface area contributed by atoms with E-state index >= 15 is 0 Å². The maximum absolute atomic E-state index is 12.8. The number of carbonyl (C=O) groups is 2. The number of rotatable bonds is 4. The van der Waals surface area contributed by atoms with E-state index in [4.69, 9.17) is 4.42 Å². The lowest BCUT2D eigenvalue weighted by Gasteiger charge is -2.22. The Morgan fingerprint density at radius 1 is 1.38 bits per heavy atom. The van der Waals surface area contributed by atoms with Crippen molar-refractivity contribution in [2.45, 2.75) is 38.1 Å². The number of aromatic nitrogens is 2. The Balaban J connectivity index is 1.20. The summed E-state index contributed by atoms with van der Waals surface area (Å²) in [7, 11) is 0. The Kier molecular flexibility index (Phi) is 3.45. The zero-order valence-electron chi connectivity index (χ0n) is 14.5. The van der Waals surface area contributed by atoms with Gasteiger partial charge in [0.25, 0.3) is 5.91 Å². The van der Waals surface area contributed by atoms with Gasteiger partial charge in [-0.3, -0.25) is 14.7 Å². The molecule has 0 spiro atoms. The molecule has 7 heteroatoms. The molecule has 2 saturated carbocycles. The molecular weight excluding hydrogens is 332 g/mol. The first-order valence-corrected chi connectivity index (χ1v) is 9.35. The van der Waals surface area contributed by atoms with Gasteiger partial charge in [-0.1, -0.05) is 6.42 Å². The molecule has 1 saturated heterocycles. The third-order valence-electron chi connectivity index (χ3n) is 6.24. The fourth-order valence-electron chi connectivity index (χ4n) is 4.73. The van der Waals surface area contributed by atoms with Gasteiger partial charge < -0.3 is 14.6 Å². The molecule has 2 aliphatic carbocycles. The number of carbonyl (C=O) groups excluding carboxylic acids is 2. The molecule has 7 nitrogen and oxygen atoms in total. The molecule has 3 heterocycles. The third-order valence-corrected chi connectivity index (χ3v) is 6.24. The molecule has 2 N–H and O–H groups in total. The molecule has 2 amide bonds. The van der Waals surface area contributed by atoms with E-state index < -0.39 is 0 Å². The van der Waals surface area contributed by atoms with Gasteiger partial charge in [-0.2, -0.15) is 5.10 Å². The van der Waals surface area contributed by atoms with Crippen LogP contribution < -0.4 is 5.32 Å². The van der Waals surface area contributed by atoms with Crippen molar-refractivity contribution in [1.82, 2.24) is 20.4 Å². The van der Waals surface area contributed by atoms with Crippen LogP contribution in [0.25, 0.3) is 11.5 Å². The first-order valence-electron chi connectivity index (χ1n) is 9.35. The summed E-state index contributed by atoms with van der Waals surface area (Å²) in [5.41, 5.74) is 0.959. The molecule has 2 aromatic rings. The number of nitrogens with one attached hydrogen (secondary N) is 2. The summed E-state index contributed by atoms with van der Waals surface area (Å²) in [5.74, 6) is 1.36. The minimum atomic E-state index is -0.221. The second-order valence-electron chi connectivity index (χ2n) is 7.80. The van der Waals surface area contributed by atoms with E-state index in [9.17, 15) is 9.59 Å². The number of nitrogens with zero attached hydrogens (tertiary/aromatic N) is 2. The highest BCUT2D eigenvalue weighted by Crippen LogP contribution is 2.64. The van der Waals surface area contributed by atoms with Crippen molar-refractivity contribution in [1.29, 1.82) is 0 Å². The zero-order valence-corrected chi connectivity index (χ0v) is 14.5. The second-order valence-corrected chi connectivity index (χ2v) is 7.80. The molecule has 3 atom stereocenters. The average molecular weight is 354 g/mol. The van der Waals surface area contributed by atoms with Crippen LogP contribution in [0.2, 0.25) is 0 Å². The minimum Gasteiger partial charge on any atom is -0.463 e. The zero-order chi connectivity index (χ0) is 17.7. The van der Waals surface area contributed by atoms with Gasteiger partial charge in [-0.05, 0) is 43.7 Å². The normalized spacial score (nSPS) is 29.6. The van der Waals surface area contributed by atoms with Crippen molar-refractivity contribution in [3.63, 3.8) is 0 Å². The van der Waals surface area contributed by atoms with Crippen LogP contribution >= 0.6 is 0 Å². The molecule has 2 aromatic heterocycles. The van der Waals surface area contributed by atoms with Gasteiger partial charge in [0.15, 0.2) is 11.5 Å². The summed E-state index contributed by atoms with van der Waals surface area (Å²) < 4.78 is 5.30. The van der Waals surface area contributed by atoms with E-state index in [1.165, 1.54) is 12.8 Å². The van der Waals surface area contributed by atoms with Gasteiger partial charge in [0.2, 0.25) is 5.91 Å². The van der Waals surface area contributed by atoms with Crippen LogP contribution in [0.15, 0.2) is 28.9 Å². The van der Waals surface area contributed by atoms with Crippen LogP contribution in [0, 0.1) is 11.3 Å². The van der Waals surface area contributed by atoms with Crippen molar-refractivity contribution >= 4 is 11.8 Å². The standard InChI is InChI=1S/C19H22N4O3/c24-17(15-9-14(21-22-15)16-4-2-8-26-16)20-13-5-7-23(11-13)18(25)19-6-1-3-12(19)10-19/h2,4,8-9,12-13H,1,3,5-7,10-11H2,(H,20,24)(H,21,22)/t12-,13-,19-/m1/s1. The number of hydrogen-bond donors (Lipinski definition) is 2. The lowest BCUT2D eigenvalue weighted by molar-refractivity contribution is -0.136. The number of hydrogen-bond acceptors (Lipinski definition) is 4. The predicted octanol–water partition coefficient (Wildman–Crippen LogP) is 2.19. The third kappa shape index (κ3) is 2.45. The summed E-state index contributed by atoms with van der Waals surface area (Å²) in [6.07, 6.45) is 6.88. The summed E-state index contributed by atoms with van der Waals surface area (Å²) in [5, 5.41) is 9.90. The molecule has 3 aliphatic rings. The van der Waals surface area contributed by atoms with Gasteiger partial charge in [0.1, 0.15) is 5.69 Å². The number of amides is 2. The van der Waals surface area contributed by atoms with Gasteiger partial charge in [-0.25, -0.2) is 0 Å². The van der Waals surface area contributed by atoms with Gasteiger partial charge in [0.05, 0.1) is 11.7 Å². The van der Waals surface area contributed by atoms with Crippen LogP contribution in [0.1, 0.15) is 42.6 Å². The van der Waals surface area contributed by atoms with E-state index in [0.29, 0.717) is 35.5 Å². The van der Waals surface area contributed by atoms with Gasteiger partial charge in [-0.15, -0.1) is 0 Å². The molecule has 136 valence electrons. The van der Waals surface area contributed by atoms with Crippen molar-refractivity contribution in [2.24, 2.45) is 11.3 Å². The summed E-state index contributed by atoms with van der Waals surface area (Å²) in [6.45, 7) is 1.34. The second kappa shape index (κ2) is 5.72. The first kappa shape index (κ1) is 15.7. The topological polar surface area (TPSA) is 91.2 Å². The predicted molar refractivity (Wildman–Crippen MR) is 93.1 cm³/mol. The molecule has 1 aliphatic heterocycles. The molecule has 0 unspecified atom stereocenters. The van der Waals surface area contributed by atoms with Crippen LogP contribution in [0.3, 0.4) is 0 Å². The maximum Gasteiger partial charge on any atom is 0.272 e. The molecule has 0 bridgehead atoms. The average Bonchev–Trinajstić information content (AvgIpc) is 3.26. The molecule has 26 heavy (non-hydrogen) atoms. The summed E-state index contributed by atoms with van der Waals surface area (Å²) in [4.78, 5) is 27.2. The number of aromatic amines is 1. The monoisotopic (exact) mass is 354 g/mol. The lowest BCUT2D eigenvalue weighted by Crippen LogP contribution is -2.40. The Bertz CT molecular complexity index is 843. The highest BCUT2D eigenvalue weighted by Gasteiger charge is 2.63. The smallest absolute Gasteiger partial charge is 0.272 e. The van der Waals surface area contributed by atoms with Crippen molar-refractivity contribution in [3.8, 4) is 11.5 Å². The maximum atomic E-state index is 12.8. The molecule has 0 radical (unpaired) electrons. The fourth-order valence-corrected chi connectivity index (χ4v) is 4.73. The van der Waals surface area contributed by atoms with Crippen molar-refractivity contribution < 1.29 is 14.0 Å². The molecule has 5 rings (SSSR count). The van der Waals surface area contributed by atoms with E-state index in [-0.39, 0.29) is 17.4 Å². The van der Waals surface area contributed by atoms with Crippen molar-refractivity contribution in [3.05, 3.63) is 30.2 Å². The van der Waals surface area contributed by atoms with E-state index in [1.807, 2.05) is 11.0 Å². The highest BCUT2D eigenvalue weighted by molar-refractivity contribution is 5.93. The van der Waals surface area contributed by atoms with Crippen LogP contribution in [-0.2, 0) is 4.79 Å². The van der Waals surface area contributed by atoms with Crippen LogP contribution in [0.5, 0.6) is 0 Å². The molecule has 3 fully saturated rings. The Labute approximate surface area is 151 Å². The summed E-state index contributed by atoms with van der Waals surface area (Å²) >= 11 is 0. The summed E-state index contributed by atoms with van der Waals surface area (Å²) in [6, 6.07) is 5.26. The lowest BCUT2D eigenvalue weighted by atomic mass is 10.0. The Hall–Kier alpha value is -2.57. The molecule has 0 aromatic carbocycles. The van der Waals surface area contributed by atoms with Gasteiger partial charge in [0, 0.05) is 25.2 Å². The van der Waals surface area contributed by atoms with Gasteiger partial charge >= 0.3 is 0 Å². The number of fused-ring (bicyclic) bond motifs is 1. The highest BCUT2D eigenvalue weighted by atomic mass is 16.3. The van der Waals surface area contributed by atoms with E-state index in [0.717, 1.165) is 25.8 Å². The van der Waals surface area contributed by atoms with Crippen LogP contribution in [-0.4, -0.2) is 46.0 Å². The largest absolute Gasteiger partial charge is 0.463 e. The Morgan fingerprint density at radius 2 is 2.31 bits per heavy atom.